The van der Waals surface area contributed by atoms with E-state index in [0.717, 1.165) is 12.8 Å². The van der Waals surface area contributed by atoms with Crippen LogP contribution in [0.5, 0.6) is 0 Å². The average molecular weight is 238 g/mol. The number of nitriles is 1. The van der Waals surface area contributed by atoms with Crippen LogP contribution in [0.15, 0.2) is 0 Å². The summed E-state index contributed by atoms with van der Waals surface area (Å²) in [5, 5.41) is 12.2. The van der Waals surface area contributed by atoms with Crippen LogP contribution in [0, 0.1) is 22.7 Å². The number of nitrogens with zero attached hydrogens (tertiary/aromatic N) is 1. The van der Waals surface area contributed by atoms with Crippen molar-refractivity contribution in [2.45, 2.75) is 39.5 Å². The molecule has 1 rings (SSSR count). The lowest BCUT2D eigenvalue weighted by atomic mass is 9.80. The number of hydrogen-bond donors (Lipinski definition) is 1. The number of amides is 1. The minimum atomic E-state index is -0.857. The summed E-state index contributed by atoms with van der Waals surface area (Å²) < 4.78 is 5.21. The van der Waals surface area contributed by atoms with Crippen LogP contribution in [-0.4, -0.2) is 25.7 Å². The van der Waals surface area contributed by atoms with Gasteiger partial charge in [0, 0.05) is 19.8 Å². The molecular formula is C13H22N2O2. The van der Waals surface area contributed by atoms with Crippen LogP contribution in [0.25, 0.3) is 0 Å². The summed E-state index contributed by atoms with van der Waals surface area (Å²) in [4.78, 5) is 12.1. The molecule has 1 heterocycles. The van der Waals surface area contributed by atoms with Crippen LogP contribution in [0.1, 0.15) is 39.5 Å². The monoisotopic (exact) mass is 238 g/mol. The maximum Gasteiger partial charge on any atom is 0.240 e. The van der Waals surface area contributed by atoms with Gasteiger partial charge >= 0.3 is 0 Å². The Balaban J connectivity index is 2.52. The molecule has 0 aromatic rings. The summed E-state index contributed by atoms with van der Waals surface area (Å²) in [6.07, 6.45) is 3.13. The third-order valence-corrected chi connectivity index (χ3v) is 3.70. The summed E-state index contributed by atoms with van der Waals surface area (Å²) in [6, 6.07) is 2.18. The molecule has 1 N–H and O–H groups in total. The van der Waals surface area contributed by atoms with Crippen molar-refractivity contribution in [1.82, 2.24) is 5.32 Å². The van der Waals surface area contributed by atoms with Crippen LogP contribution in [0.2, 0.25) is 0 Å². The van der Waals surface area contributed by atoms with Crippen molar-refractivity contribution in [3.05, 3.63) is 0 Å². The lowest BCUT2D eigenvalue weighted by molar-refractivity contribution is -0.132. The predicted octanol–water partition coefficient (Wildman–Crippen LogP) is 1.86. The third-order valence-electron chi connectivity index (χ3n) is 3.70. The van der Waals surface area contributed by atoms with Crippen molar-refractivity contribution in [1.29, 1.82) is 5.26 Å². The molecule has 1 saturated heterocycles. The highest BCUT2D eigenvalue weighted by Crippen LogP contribution is 2.29. The van der Waals surface area contributed by atoms with E-state index in [9.17, 15) is 10.1 Å². The standard InChI is InChI=1S/C13H22N2O2/c1-3-11(4-2)9-15-12(16)13(10-14)5-7-17-8-6-13/h11H,3-9H2,1-2H3,(H,15,16). The number of ether oxygens (including phenoxy) is 1. The molecule has 0 unspecified atom stereocenters. The molecule has 0 aromatic heterocycles. The topological polar surface area (TPSA) is 62.1 Å². The van der Waals surface area contributed by atoms with Crippen LogP contribution >= 0.6 is 0 Å². The van der Waals surface area contributed by atoms with Crippen LogP contribution in [0.4, 0.5) is 0 Å². The quantitative estimate of drug-likeness (QED) is 0.795. The first-order valence-corrected chi connectivity index (χ1v) is 6.45. The van der Waals surface area contributed by atoms with E-state index in [2.05, 4.69) is 25.2 Å². The summed E-state index contributed by atoms with van der Waals surface area (Å²) in [5.74, 6) is 0.393. The van der Waals surface area contributed by atoms with Gasteiger partial charge < -0.3 is 10.1 Å². The number of rotatable bonds is 5. The van der Waals surface area contributed by atoms with Gasteiger partial charge in [0.2, 0.25) is 5.91 Å². The molecule has 1 aliphatic rings. The molecule has 1 aliphatic heterocycles. The van der Waals surface area contributed by atoms with Crippen molar-refractivity contribution in [2.24, 2.45) is 11.3 Å². The van der Waals surface area contributed by atoms with Gasteiger partial charge in [-0.1, -0.05) is 26.7 Å². The van der Waals surface area contributed by atoms with E-state index in [0.29, 0.717) is 38.5 Å². The molecule has 96 valence electrons. The number of carbonyl (C=O) groups is 1. The first-order chi connectivity index (χ1) is 8.18. The number of hydrogen-bond acceptors (Lipinski definition) is 3. The smallest absolute Gasteiger partial charge is 0.240 e. The summed E-state index contributed by atoms with van der Waals surface area (Å²) >= 11 is 0. The van der Waals surface area contributed by atoms with Crippen LogP contribution < -0.4 is 5.32 Å². The summed E-state index contributed by atoms with van der Waals surface area (Å²) in [6.45, 7) is 5.93. The zero-order valence-electron chi connectivity index (χ0n) is 10.8. The highest BCUT2D eigenvalue weighted by atomic mass is 16.5. The first kappa shape index (κ1) is 14.0. The van der Waals surface area contributed by atoms with Crippen molar-refractivity contribution in [3.8, 4) is 6.07 Å². The molecule has 0 aliphatic carbocycles. The predicted molar refractivity (Wildman–Crippen MR) is 65.2 cm³/mol. The second-order valence-electron chi connectivity index (χ2n) is 4.70. The zero-order chi connectivity index (χ0) is 12.7. The van der Waals surface area contributed by atoms with Crippen LogP contribution in [0.3, 0.4) is 0 Å². The highest BCUT2D eigenvalue weighted by molar-refractivity contribution is 5.85. The van der Waals surface area contributed by atoms with E-state index in [4.69, 9.17) is 4.74 Å². The van der Waals surface area contributed by atoms with Gasteiger partial charge in [-0.15, -0.1) is 0 Å². The molecule has 0 spiro atoms. The van der Waals surface area contributed by atoms with E-state index in [-0.39, 0.29) is 5.91 Å². The average Bonchev–Trinajstić information content (AvgIpc) is 2.40. The van der Waals surface area contributed by atoms with Crippen molar-refractivity contribution in [3.63, 3.8) is 0 Å². The first-order valence-electron chi connectivity index (χ1n) is 6.45. The van der Waals surface area contributed by atoms with Crippen molar-refractivity contribution in [2.75, 3.05) is 19.8 Å². The molecule has 1 fully saturated rings. The molecule has 0 bridgehead atoms. The van der Waals surface area contributed by atoms with Gasteiger partial charge in [0.15, 0.2) is 0 Å². The van der Waals surface area contributed by atoms with Gasteiger partial charge in [-0.2, -0.15) is 5.26 Å². The molecule has 0 radical (unpaired) electrons. The maximum atomic E-state index is 12.1. The summed E-state index contributed by atoms with van der Waals surface area (Å²) in [5.41, 5.74) is -0.857. The third kappa shape index (κ3) is 3.44. The van der Waals surface area contributed by atoms with E-state index in [1.807, 2.05) is 0 Å². The van der Waals surface area contributed by atoms with Gasteiger partial charge in [0.1, 0.15) is 5.41 Å². The molecule has 17 heavy (non-hydrogen) atoms. The Morgan fingerprint density at radius 3 is 2.47 bits per heavy atom. The zero-order valence-corrected chi connectivity index (χ0v) is 10.8. The van der Waals surface area contributed by atoms with E-state index >= 15 is 0 Å². The SMILES string of the molecule is CCC(CC)CNC(=O)C1(C#N)CCOCC1. The normalized spacial score (nSPS) is 18.7. The Morgan fingerprint density at radius 2 is 2.00 bits per heavy atom. The van der Waals surface area contributed by atoms with E-state index in [1.54, 1.807) is 0 Å². The molecule has 0 aromatic carbocycles. The fraction of sp³-hybridized carbons (Fsp3) is 0.846. The van der Waals surface area contributed by atoms with Gasteiger partial charge in [-0.3, -0.25) is 4.79 Å². The molecule has 4 heteroatoms. The van der Waals surface area contributed by atoms with Crippen molar-refractivity contribution < 1.29 is 9.53 Å². The fourth-order valence-corrected chi connectivity index (χ4v) is 2.09. The Kier molecular flexibility index (Phi) is 5.43. The Hall–Kier alpha value is -1.08. The maximum absolute atomic E-state index is 12.1. The second-order valence-corrected chi connectivity index (χ2v) is 4.70. The Bertz CT molecular complexity index is 286. The molecule has 4 nitrogen and oxygen atoms in total. The molecule has 1 amide bonds. The van der Waals surface area contributed by atoms with Gasteiger partial charge in [0.05, 0.1) is 6.07 Å². The summed E-state index contributed by atoms with van der Waals surface area (Å²) in [7, 11) is 0. The van der Waals surface area contributed by atoms with Crippen LogP contribution in [-0.2, 0) is 9.53 Å². The molecular weight excluding hydrogens is 216 g/mol. The van der Waals surface area contributed by atoms with Gasteiger partial charge in [-0.05, 0) is 18.8 Å². The second kappa shape index (κ2) is 6.61. The van der Waals surface area contributed by atoms with E-state index < -0.39 is 5.41 Å². The Labute approximate surface area is 103 Å². The fourth-order valence-electron chi connectivity index (χ4n) is 2.09. The van der Waals surface area contributed by atoms with Gasteiger partial charge in [-0.25, -0.2) is 0 Å². The largest absolute Gasteiger partial charge is 0.381 e. The minimum Gasteiger partial charge on any atom is -0.381 e. The molecule has 0 atom stereocenters. The number of nitrogens with one attached hydrogen (secondary N) is 1. The lowest BCUT2D eigenvalue weighted by Crippen LogP contribution is -2.45. The number of carbonyl (C=O) groups excluding carboxylic acids is 1. The minimum absolute atomic E-state index is 0.116. The van der Waals surface area contributed by atoms with E-state index in [1.165, 1.54) is 0 Å². The lowest BCUT2D eigenvalue weighted by Gasteiger charge is -2.29. The molecule has 0 saturated carbocycles. The van der Waals surface area contributed by atoms with Crippen molar-refractivity contribution >= 4 is 5.91 Å². The Morgan fingerprint density at radius 1 is 1.41 bits per heavy atom. The highest BCUT2D eigenvalue weighted by Gasteiger charge is 2.40. The van der Waals surface area contributed by atoms with Gasteiger partial charge in [0.25, 0.3) is 0 Å².